The first kappa shape index (κ1) is 11.0. The molecule has 1 aromatic rings. The number of halogens is 1. The maximum absolute atomic E-state index is 6.14. The van der Waals surface area contributed by atoms with Crippen LogP contribution in [0, 0.1) is 5.92 Å². The first-order valence-electron chi connectivity index (χ1n) is 5.29. The molecule has 0 bridgehead atoms. The Morgan fingerprint density at radius 2 is 2.20 bits per heavy atom. The van der Waals surface area contributed by atoms with Crippen molar-refractivity contribution in [1.82, 2.24) is 0 Å². The van der Waals surface area contributed by atoms with Gasteiger partial charge in [0.2, 0.25) is 0 Å². The minimum Gasteiger partial charge on any atom is -0.490 e. The van der Waals surface area contributed by atoms with Crippen molar-refractivity contribution in [1.29, 1.82) is 0 Å². The van der Waals surface area contributed by atoms with Gasteiger partial charge in [0.25, 0.3) is 0 Å². The van der Waals surface area contributed by atoms with Crippen molar-refractivity contribution >= 4 is 15.9 Å². The number of benzene rings is 1. The fraction of sp³-hybridized carbons (Fsp3) is 0.500. The summed E-state index contributed by atoms with van der Waals surface area (Å²) < 4.78 is 6.98. The zero-order valence-corrected chi connectivity index (χ0v) is 10.6. The predicted octanol–water partition coefficient (Wildman–Crippen LogP) is 3.26. The molecule has 2 nitrogen and oxygen atoms in total. The van der Waals surface area contributed by atoms with Gasteiger partial charge in [-0.3, -0.25) is 0 Å². The lowest BCUT2D eigenvalue weighted by Crippen LogP contribution is -2.33. The largest absolute Gasteiger partial charge is 0.490 e. The Labute approximate surface area is 98.9 Å². The summed E-state index contributed by atoms with van der Waals surface area (Å²) in [7, 11) is 0. The molecule has 0 aliphatic carbocycles. The molecule has 2 rings (SSSR count). The molecular formula is C12H16BrNO. The van der Waals surface area contributed by atoms with E-state index in [9.17, 15) is 0 Å². The highest BCUT2D eigenvalue weighted by Gasteiger charge is 2.27. The van der Waals surface area contributed by atoms with Crippen LogP contribution in [0.3, 0.4) is 0 Å². The molecule has 1 heterocycles. The van der Waals surface area contributed by atoms with Gasteiger partial charge in [0.15, 0.2) is 0 Å². The molecule has 82 valence electrons. The molecule has 1 aliphatic rings. The van der Waals surface area contributed by atoms with Crippen LogP contribution < -0.4 is 10.5 Å². The van der Waals surface area contributed by atoms with Gasteiger partial charge in [-0.1, -0.05) is 29.8 Å². The summed E-state index contributed by atoms with van der Waals surface area (Å²) in [5.41, 5.74) is 7.25. The number of nitrogens with two attached hydrogens (primary N) is 1. The van der Waals surface area contributed by atoms with Crippen molar-refractivity contribution in [3.8, 4) is 5.75 Å². The van der Waals surface area contributed by atoms with Gasteiger partial charge in [-0.25, -0.2) is 0 Å². The second kappa shape index (κ2) is 4.14. The van der Waals surface area contributed by atoms with E-state index < -0.39 is 0 Å². The maximum atomic E-state index is 6.14. The Bertz CT molecular complexity index is 365. The highest BCUT2D eigenvalue weighted by Crippen LogP contribution is 2.36. The molecule has 0 unspecified atom stereocenters. The summed E-state index contributed by atoms with van der Waals surface area (Å²) in [6.45, 7) is 4.34. The van der Waals surface area contributed by atoms with Gasteiger partial charge in [0, 0.05) is 22.5 Å². The quantitative estimate of drug-likeness (QED) is 0.850. The van der Waals surface area contributed by atoms with Crippen molar-refractivity contribution < 1.29 is 4.74 Å². The predicted molar refractivity (Wildman–Crippen MR) is 64.9 cm³/mol. The van der Waals surface area contributed by atoms with E-state index in [4.69, 9.17) is 10.5 Å². The van der Waals surface area contributed by atoms with Gasteiger partial charge in [-0.05, 0) is 24.1 Å². The van der Waals surface area contributed by atoms with Gasteiger partial charge in [-0.15, -0.1) is 0 Å². The molecule has 2 N–H and O–H groups in total. The average Bonchev–Trinajstić information content (AvgIpc) is 2.18. The van der Waals surface area contributed by atoms with Gasteiger partial charge < -0.3 is 10.5 Å². The summed E-state index contributed by atoms with van der Waals surface area (Å²) in [5.74, 6) is 1.45. The Hall–Kier alpha value is -0.540. The fourth-order valence-corrected chi connectivity index (χ4v) is 2.29. The van der Waals surface area contributed by atoms with Gasteiger partial charge in [0.05, 0.1) is 0 Å². The SMILES string of the molecule is CC(C)[C@@H]1C[C@@H](N)c2cc(Br)ccc2O1. The molecule has 3 heteroatoms. The third kappa shape index (κ3) is 2.18. The summed E-state index contributed by atoms with van der Waals surface area (Å²) in [4.78, 5) is 0. The standard InChI is InChI=1S/C12H16BrNO/c1-7(2)12-6-10(14)9-5-8(13)3-4-11(9)15-12/h3-5,7,10,12H,6,14H2,1-2H3/t10-,12+/m1/s1. The van der Waals surface area contributed by atoms with E-state index >= 15 is 0 Å². The van der Waals surface area contributed by atoms with Crippen LogP contribution in [0.1, 0.15) is 31.9 Å². The highest BCUT2D eigenvalue weighted by atomic mass is 79.9. The summed E-state index contributed by atoms with van der Waals surface area (Å²) >= 11 is 3.45. The number of hydrogen-bond donors (Lipinski definition) is 1. The van der Waals surface area contributed by atoms with Crippen LogP contribution >= 0.6 is 15.9 Å². The Kier molecular flexibility index (Phi) is 3.03. The van der Waals surface area contributed by atoms with Crippen molar-refractivity contribution in [2.45, 2.75) is 32.4 Å². The van der Waals surface area contributed by atoms with Crippen LogP contribution in [0.5, 0.6) is 5.75 Å². The molecule has 0 aromatic heterocycles. The van der Waals surface area contributed by atoms with Gasteiger partial charge in [-0.2, -0.15) is 0 Å². The lowest BCUT2D eigenvalue weighted by atomic mass is 9.92. The smallest absolute Gasteiger partial charge is 0.124 e. The normalized spacial score (nSPS) is 24.9. The number of rotatable bonds is 1. The molecule has 0 fully saturated rings. The molecule has 1 aromatic carbocycles. The molecule has 15 heavy (non-hydrogen) atoms. The zero-order chi connectivity index (χ0) is 11.0. The van der Waals surface area contributed by atoms with Crippen molar-refractivity contribution in [3.63, 3.8) is 0 Å². The second-order valence-corrected chi connectivity index (χ2v) is 5.34. The number of ether oxygens (including phenoxy) is 1. The number of fused-ring (bicyclic) bond motifs is 1. The number of hydrogen-bond acceptors (Lipinski definition) is 2. The summed E-state index contributed by atoms with van der Waals surface area (Å²) in [6, 6.07) is 6.14. The van der Waals surface area contributed by atoms with Gasteiger partial charge in [0.1, 0.15) is 11.9 Å². The fourth-order valence-electron chi connectivity index (χ4n) is 1.91. The van der Waals surface area contributed by atoms with Crippen molar-refractivity contribution in [2.24, 2.45) is 11.7 Å². The molecule has 1 aliphatic heterocycles. The maximum Gasteiger partial charge on any atom is 0.124 e. The first-order chi connectivity index (χ1) is 7.08. The Morgan fingerprint density at radius 3 is 2.87 bits per heavy atom. The Morgan fingerprint density at radius 1 is 1.47 bits per heavy atom. The van der Waals surface area contributed by atoms with Crippen molar-refractivity contribution in [3.05, 3.63) is 28.2 Å². The topological polar surface area (TPSA) is 35.2 Å². The van der Waals surface area contributed by atoms with E-state index in [-0.39, 0.29) is 12.1 Å². The van der Waals surface area contributed by atoms with E-state index in [1.807, 2.05) is 12.1 Å². The van der Waals surface area contributed by atoms with Crippen LogP contribution in [-0.4, -0.2) is 6.10 Å². The van der Waals surface area contributed by atoms with Gasteiger partial charge >= 0.3 is 0 Å². The molecule has 0 saturated heterocycles. The third-order valence-corrected chi connectivity index (χ3v) is 3.37. The van der Waals surface area contributed by atoms with Crippen LogP contribution in [-0.2, 0) is 0 Å². The van der Waals surface area contributed by atoms with Crippen LogP contribution in [0.4, 0.5) is 0 Å². The van der Waals surface area contributed by atoms with Crippen LogP contribution in [0.15, 0.2) is 22.7 Å². The van der Waals surface area contributed by atoms with E-state index in [2.05, 4.69) is 35.8 Å². The molecule has 0 radical (unpaired) electrons. The summed E-state index contributed by atoms with van der Waals surface area (Å²) in [6.07, 6.45) is 1.15. The zero-order valence-electron chi connectivity index (χ0n) is 9.03. The summed E-state index contributed by atoms with van der Waals surface area (Å²) in [5, 5.41) is 0. The highest BCUT2D eigenvalue weighted by molar-refractivity contribution is 9.10. The first-order valence-corrected chi connectivity index (χ1v) is 6.09. The molecule has 2 atom stereocenters. The van der Waals surface area contributed by atoms with E-state index in [1.165, 1.54) is 0 Å². The molecule has 0 amide bonds. The minimum atomic E-state index is 0.0960. The second-order valence-electron chi connectivity index (χ2n) is 4.42. The monoisotopic (exact) mass is 269 g/mol. The molecular weight excluding hydrogens is 254 g/mol. The van der Waals surface area contributed by atoms with Crippen molar-refractivity contribution in [2.75, 3.05) is 0 Å². The Balaban J connectivity index is 2.32. The third-order valence-electron chi connectivity index (χ3n) is 2.88. The van der Waals surface area contributed by atoms with E-state index in [0.717, 1.165) is 22.2 Å². The van der Waals surface area contributed by atoms with E-state index in [1.54, 1.807) is 0 Å². The minimum absolute atomic E-state index is 0.0960. The lowest BCUT2D eigenvalue weighted by molar-refractivity contribution is 0.115. The average molecular weight is 270 g/mol. The van der Waals surface area contributed by atoms with Crippen LogP contribution in [0.2, 0.25) is 0 Å². The molecule has 0 saturated carbocycles. The molecule has 0 spiro atoms. The van der Waals surface area contributed by atoms with Crippen LogP contribution in [0.25, 0.3) is 0 Å². The van der Waals surface area contributed by atoms with E-state index in [0.29, 0.717) is 5.92 Å². The lowest BCUT2D eigenvalue weighted by Gasteiger charge is -2.32.